The average molecular weight is 261 g/mol. The lowest BCUT2D eigenvalue weighted by molar-refractivity contribution is -0.0661. The molecule has 0 spiro atoms. The number of nitrogens with zero attached hydrogens (tertiary/aromatic N) is 3. The van der Waals surface area contributed by atoms with E-state index in [-0.39, 0.29) is 0 Å². The number of pyridine rings is 1. The van der Waals surface area contributed by atoms with E-state index < -0.39 is 0 Å². The van der Waals surface area contributed by atoms with Crippen molar-refractivity contribution in [2.75, 3.05) is 44.3 Å². The lowest BCUT2D eigenvalue weighted by Gasteiger charge is -2.42. The van der Waals surface area contributed by atoms with E-state index in [4.69, 9.17) is 9.72 Å². The first-order valence-corrected chi connectivity index (χ1v) is 7.28. The standard InChI is InChI=1S/C15H23N3O/c1-12(2)14-4-3-5-15(16-14)18-8-6-17(7-9-18)13-10-19-11-13/h3-5,12-13H,6-11H2,1-2H3. The van der Waals surface area contributed by atoms with Crippen molar-refractivity contribution >= 4 is 5.82 Å². The van der Waals surface area contributed by atoms with E-state index in [2.05, 4.69) is 41.8 Å². The SMILES string of the molecule is CC(C)c1cccc(N2CCN(C3COC3)CC2)n1. The van der Waals surface area contributed by atoms with Gasteiger partial charge in [0.2, 0.25) is 0 Å². The van der Waals surface area contributed by atoms with Crippen molar-refractivity contribution in [2.45, 2.75) is 25.8 Å². The summed E-state index contributed by atoms with van der Waals surface area (Å²) in [5.41, 5.74) is 1.19. The van der Waals surface area contributed by atoms with E-state index in [1.807, 2.05) is 0 Å². The monoisotopic (exact) mass is 261 g/mol. The topological polar surface area (TPSA) is 28.6 Å². The van der Waals surface area contributed by atoms with Gasteiger partial charge in [-0.1, -0.05) is 19.9 Å². The summed E-state index contributed by atoms with van der Waals surface area (Å²) in [4.78, 5) is 9.74. The van der Waals surface area contributed by atoms with Crippen LogP contribution in [0.4, 0.5) is 5.82 Å². The Balaban J connectivity index is 1.62. The molecular weight excluding hydrogens is 238 g/mol. The van der Waals surface area contributed by atoms with Crippen LogP contribution in [0.5, 0.6) is 0 Å². The first kappa shape index (κ1) is 12.9. The fourth-order valence-corrected chi connectivity index (χ4v) is 2.69. The van der Waals surface area contributed by atoms with Gasteiger partial charge in [0.15, 0.2) is 0 Å². The van der Waals surface area contributed by atoms with Crippen LogP contribution in [-0.4, -0.2) is 55.3 Å². The Hall–Kier alpha value is -1.13. The summed E-state index contributed by atoms with van der Waals surface area (Å²) in [6, 6.07) is 7.05. The Kier molecular flexibility index (Phi) is 3.71. The van der Waals surface area contributed by atoms with Gasteiger partial charge in [-0.15, -0.1) is 0 Å². The molecule has 0 aliphatic carbocycles. The second-order valence-electron chi connectivity index (χ2n) is 5.79. The van der Waals surface area contributed by atoms with E-state index in [1.165, 1.54) is 5.69 Å². The minimum absolute atomic E-state index is 0.494. The maximum Gasteiger partial charge on any atom is 0.128 e. The minimum atomic E-state index is 0.494. The van der Waals surface area contributed by atoms with Gasteiger partial charge in [-0.3, -0.25) is 4.90 Å². The quantitative estimate of drug-likeness (QED) is 0.828. The Morgan fingerprint density at radius 3 is 2.47 bits per heavy atom. The number of hydrogen-bond donors (Lipinski definition) is 0. The molecule has 0 saturated carbocycles. The Bertz CT molecular complexity index is 423. The first-order chi connectivity index (χ1) is 9.24. The highest BCUT2D eigenvalue weighted by Crippen LogP contribution is 2.20. The number of hydrogen-bond acceptors (Lipinski definition) is 4. The third-order valence-corrected chi connectivity index (χ3v) is 4.12. The molecule has 104 valence electrons. The van der Waals surface area contributed by atoms with Crippen LogP contribution < -0.4 is 4.90 Å². The number of anilines is 1. The molecule has 2 saturated heterocycles. The van der Waals surface area contributed by atoms with Crippen LogP contribution in [0.1, 0.15) is 25.5 Å². The second kappa shape index (κ2) is 5.47. The first-order valence-electron chi connectivity index (χ1n) is 7.28. The zero-order valence-electron chi connectivity index (χ0n) is 11.9. The zero-order valence-corrected chi connectivity index (χ0v) is 11.9. The number of ether oxygens (including phenoxy) is 1. The van der Waals surface area contributed by atoms with Crippen molar-refractivity contribution in [3.05, 3.63) is 23.9 Å². The van der Waals surface area contributed by atoms with Gasteiger partial charge in [-0.2, -0.15) is 0 Å². The molecule has 0 amide bonds. The van der Waals surface area contributed by atoms with E-state index in [0.29, 0.717) is 12.0 Å². The fraction of sp³-hybridized carbons (Fsp3) is 0.667. The molecule has 1 aromatic heterocycles. The van der Waals surface area contributed by atoms with Crippen LogP contribution in [0.25, 0.3) is 0 Å². The summed E-state index contributed by atoms with van der Waals surface area (Å²) in [7, 11) is 0. The summed E-state index contributed by atoms with van der Waals surface area (Å²) in [6.07, 6.45) is 0. The van der Waals surface area contributed by atoms with E-state index in [1.54, 1.807) is 0 Å². The average Bonchev–Trinajstić information content (AvgIpc) is 2.38. The van der Waals surface area contributed by atoms with Crippen LogP contribution in [0, 0.1) is 0 Å². The Morgan fingerprint density at radius 2 is 1.89 bits per heavy atom. The highest BCUT2D eigenvalue weighted by atomic mass is 16.5. The maximum absolute atomic E-state index is 5.27. The molecule has 0 bridgehead atoms. The smallest absolute Gasteiger partial charge is 0.128 e. The Labute approximate surface area is 115 Å². The van der Waals surface area contributed by atoms with Crippen molar-refractivity contribution in [3.8, 4) is 0 Å². The van der Waals surface area contributed by atoms with Gasteiger partial charge in [-0.05, 0) is 18.1 Å². The molecular formula is C15H23N3O. The highest BCUT2D eigenvalue weighted by molar-refractivity contribution is 5.40. The van der Waals surface area contributed by atoms with E-state index in [9.17, 15) is 0 Å². The number of aromatic nitrogens is 1. The number of rotatable bonds is 3. The summed E-state index contributed by atoms with van der Waals surface area (Å²) in [5.74, 6) is 1.63. The Morgan fingerprint density at radius 1 is 1.16 bits per heavy atom. The van der Waals surface area contributed by atoms with Gasteiger partial charge < -0.3 is 9.64 Å². The largest absolute Gasteiger partial charge is 0.378 e. The highest BCUT2D eigenvalue weighted by Gasteiger charge is 2.29. The van der Waals surface area contributed by atoms with Crippen molar-refractivity contribution in [1.29, 1.82) is 0 Å². The van der Waals surface area contributed by atoms with E-state index >= 15 is 0 Å². The minimum Gasteiger partial charge on any atom is -0.378 e. The predicted octanol–water partition coefficient (Wildman–Crippen LogP) is 1.73. The third-order valence-electron chi connectivity index (χ3n) is 4.12. The van der Waals surface area contributed by atoms with Crippen LogP contribution in [-0.2, 0) is 4.74 Å². The van der Waals surface area contributed by atoms with Gasteiger partial charge >= 0.3 is 0 Å². The van der Waals surface area contributed by atoms with Crippen LogP contribution in [0.3, 0.4) is 0 Å². The predicted molar refractivity (Wildman–Crippen MR) is 76.7 cm³/mol. The maximum atomic E-state index is 5.27. The molecule has 0 unspecified atom stereocenters. The van der Waals surface area contributed by atoms with Gasteiger partial charge in [-0.25, -0.2) is 4.98 Å². The van der Waals surface area contributed by atoms with Crippen LogP contribution in [0.15, 0.2) is 18.2 Å². The molecule has 0 N–H and O–H groups in total. The molecule has 4 nitrogen and oxygen atoms in total. The summed E-state index contributed by atoms with van der Waals surface area (Å²) < 4.78 is 5.27. The summed E-state index contributed by atoms with van der Waals surface area (Å²) in [6.45, 7) is 10.6. The fourth-order valence-electron chi connectivity index (χ4n) is 2.69. The second-order valence-corrected chi connectivity index (χ2v) is 5.79. The molecule has 2 aliphatic heterocycles. The van der Waals surface area contributed by atoms with Gasteiger partial charge in [0.25, 0.3) is 0 Å². The molecule has 4 heteroatoms. The van der Waals surface area contributed by atoms with Crippen LogP contribution >= 0.6 is 0 Å². The normalized spacial score (nSPS) is 21.7. The van der Waals surface area contributed by atoms with Crippen molar-refractivity contribution in [1.82, 2.24) is 9.88 Å². The molecule has 3 rings (SSSR count). The van der Waals surface area contributed by atoms with E-state index in [0.717, 1.165) is 45.2 Å². The van der Waals surface area contributed by atoms with Crippen LogP contribution in [0.2, 0.25) is 0 Å². The summed E-state index contributed by atoms with van der Waals surface area (Å²) in [5, 5.41) is 0. The van der Waals surface area contributed by atoms with Gasteiger partial charge in [0, 0.05) is 31.9 Å². The molecule has 3 heterocycles. The third kappa shape index (κ3) is 2.74. The van der Waals surface area contributed by atoms with Crippen molar-refractivity contribution in [2.24, 2.45) is 0 Å². The van der Waals surface area contributed by atoms with Crippen molar-refractivity contribution in [3.63, 3.8) is 0 Å². The molecule has 0 radical (unpaired) electrons. The lowest BCUT2D eigenvalue weighted by atomic mass is 10.1. The van der Waals surface area contributed by atoms with Gasteiger partial charge in [0.05, 0.1) is 19.3 Å². The van der Waals surface area contributed by atoms with Gasteiger partial charge in [0.1, 0.15) is 5.82 Å². The molecule has 0 aromatic carbocycles. The summed E-state index contributed by atoms with van der Waals surface area (Å²) >= 11 is 0. The molecule has 0 atom stereocenters. The van der Waals surface area contributed by atoms with Crippen molar-refractivity contribution < 1.29 is 4.74 Å². The number of piperazine rings is 1. The lowest BCUT2D eigenvalue weighted by Crippen LogP contribution is -2.56. The molecule has 2 aliphatic rings. The molecule has 1 aromatic rings. The zero-order chi connectivity index (χ0) is 13.2. The molecule has 2 fully saturated rings. The molecule has 19 heavy (non-hydrogen) atoms.